The van der Waals surface area contributed by atoms with E-state index in [1.807, 2.05) is 18.2 Å². The molecule has 0 unspecified atom stereocenters. The first-order valence-corrected chi connectivity index (χ1v) is 6.75. The van der Waals surface area contributed by atoms with E-state index in [2.05, 4.69) is 22.4 Å². The maximum atomic E-state index is 5.80. The van der Waals surface area contributed by atoms with Gasteiger partial charge in [0.2, 0.25) is 0 Å². The summed E-state index contributed by atoms with van der Waals surface area (Å²) in [4.78, 5) is 4.21. The lowest BCUT2D eigenvalue weighted by Gasteiger charge is -2.18. The third-order valence-corrected chi connectivity index (χ3v) is 3.46. The van der Waals surface area contributed by atoms with Crippen LogP contribution in [0, 0.1) is 0 Å². The molecule has 1 aliphatic rings. The van der Waals surface area contributed by atoms with Gasteiger partial charge in [0.15, 0.2) is 0 Å². The molecule has 19 heavy (non-hydrogen) atoms. The number of halogens is 1. The Morgan fingerprint density at radius 2 is 2.16 bits per heavy atom. The smallest absolute Gasteiger partial charge is 0.130 e. The lowest BCUT2D eigenvalue weighted by atomic mass is 10.0. The second-order valence-electron chi connectivity index (χ2n) is 4.61. The standard InChI is InChI=1S/C15H15ClN2O/c16-13-2-3-14(18-9-13)10-19-15-4-1-11-5-6-17-8-12(11)7-15/h1-4,7,9,17H,5-6,8,10H2. The molecule has 1 N–H and O–H groups in total. The van der Waals surface area contributed by atoms with Crippen LogP contribution in [0.4, 0.5) is 0 Å². The lowest BCUT2D eigenvalue weighted by Crippen LogP contribution is -2.23. The highest BCUT2D eigenvalue weighted by atomic mass is 35.5. The Bertz CT molecular complexity index is 569. The van der Waals surface area contributed by atoms with Crippen molar-refractivity contribution >= 4 is 11.6 Å². The van der Waals surface area contributed by atoms with Crippen LogP contribution < -0.4 is 10.1 Å². The number of hydrogen-bond acceptors (Lipinski definition) is 3. The summed E-state index contributed by atoms with van der Waals surface area (Å²) in [6.07, 6.45) is 2.73. The van der Waals surface area contributed by atoms with Crippen LogP contribution >= 0.6 is 11.6 Å². The van der Waals surface area contributed by atoms with Crippen LogP contribution in [0.3, 0.4) is 0 Å². The van der Waals surface area contributed by atoms with Gasteiger partial charge < -0.3 is 10.1 Å². The number of aromatic nitrogens is 1. The van der Waals surface area contributed by atoms with Crippen molar-refractivity contribution in [2.75, 3.05) is 6.54 Å². The van der Waals surface area contributed by atoms with E-state index < -0.39 is 0 Å². The third-order valence-electron chi connectivity index (χ3n) is 3.24. The van der Waals surface area contributed by atoms with E-state index in [-0.39, 0.29) is 0 Å². The highest BCUT2D eigenvalue weighted by Crippen LogP contribution is 2.21. The summed E-state index contributed by atoms with van der Waals surface area (Å²) in [6.45, 7) is 2.44. The normalized spacial score (nSPS) is 13.9. The Labute approximate surface area is 117 Å². The van der Waals surface area contributed by atoms with Crippen molar-refractivity contribution in [1.82, 2.24) is 10.3 Å². The average Bonchev–Trinajstić information content (AvgIpc) is 2.46. The van der Waals surface area contributed by atoms with Gasteiger partial charge in [-0.3, -0.25) is 4.98 Å². The molecule has 1 aromatic heterocycles. The Kier molecular flexibility index (Phi) is 3.67. The molecule has 3 nitrogen and oxygen atoms in total. The molecule has 0 aliphatic carbocycles. The average molecular weight is 275 g/mol. The Hall–Kier alpha value is -1.58. The largest absolute Gasteiger partial charge is 0.487 e. The van der Waals surface area contributed by atoms with Crippen LogP contribution in [0.15, 0.2) is 36.5 Å². The number of ether oxygens (including phenoxy) is 1. The number of pyridine rings is 1. The first kappa shape index (κ1) is 12.5. The zero-order valence-electron chi connectivity index (χ0n) is 10.5. The predicted molar refractivity (Wildman–Crippen MR) is 75.4 cm³/mol. The van der Waals surface area contributed by atoms with Gasteiger partial charge in [-0.05, 0) is 48.4 Å². The van der Waals surface area contributed by atoms with Crippen LogP contribution in [0.25, 0.3) is 0 Å². The maximum Gasteiger partial charge on any atom is 0.130 e. The van der Waals surface area contributed by atoms with Crippen molar-refractivity contribution in [2.45, 2.75) is 19.6 Å². The summed E-state index contributed by atoms with van der Waals surface area (Å²) in [5.74, 6) is 0.888. The second-order valence-corrected chi connectivity index (χ2v) is 5.05. The summed E-state index contributed by atoms with van der Waals surface area (Å²) < 4.78 is 5.76. The van der Waals surface area contributed by atoms with Crippen LogP contribution in [-0.2, 0) is 19.6 Å². The molecule has 0 amide bonds. The molecule has 0 fully saturated rings. The van der Waals surface area contributed by atoms with Crippen LogP contribution in [0.1, 0.15) is 16.8 Å². The van der Waals surface area contributed by atoms with E-state index in [4.69, 9.17) is 16.3 Å². The number of benzene rings is 1. The fourth-order valence-corrected chi connectivity index (χ4v) is 2.31. The van der Waals surface area contributed by atoms with Crippen molar-refractivity contribution in [3.05, 3.63) is 58.4 Å². The molecule has 1 aliphatic heterocycles. The molecular formula is C15H15ClN2O. The first-order valence-electron chi connectivity index (χ1n) is 6.37. The number of rotatable bonds is 3. The summed E-state index contributed by atoms with van der Waals surface area (Å²) >= 11 is 5.80. The zero-order valence-corrected chi connectivity index (χ0v) is 11.3. The highest BCUT2D eigenvalue weighted by molar-refractivity contribution is 6.30. The fourth-order valence-electron chi connectivity index (χ4n) is 2.20. The zero-order chi connectivity index (χ0) is 13.1. The number of nitrogens with zero attached hydrogens (tertiary/aromatic N) is 1. The summed E-state index contributed by atoms with van der Waals surface area (Å²) in [5, 5.41) is 4.01. The van der Waals surface area contributed by atoms with Crippen LogP contribution in [-0.4, -0.2) is 11.5 Å². The molecule has 1 aromatic carbocycles. The quantitative estimate of drug-likeness (QED) is 0.934. The van der Waals surface area contributed by atoms with Gasteiger partial charge in [0, 0.05) is 12.7 Å². The Morgan fingerprint density at radius 3 is 3.00 bits per heavy atom. The van der Waals surface area contributed by atoms with E-state index in [1.165, 1.54) is 11.1 Å². The molecule has 0 saturated carbocycles. The topological polar surface area (TPSA) is 34.1 Å². The predicted octanol–water partition coefficient (Wildman–Crippen LogP) is 2.96. The van der Waals surface area contributed by atoms with Gasteiger partial charge in [0.05, 0.1) is 10.7 Å². The van der Waals surface area contributed by atoms with Gasteiger partial charge in [-0.1, -0.05) is 17.7 Å². The fraction of sp³-hybridized carbons (Fsp3) is 0.267. The van der Waals surface area contributed by atoms with Crippen molar-refractivity contribution in [3.63, 3.8) is 0 Å². The van der Waals surface area contributed by atoms with Gasteiger partial charge in [-0.15, -0.1) is 0 Å². The minimum absolute atomic E-state index is 0.462. The van der Waals surface area contributed by atoms with E-state index in [0.29, 0.717) is 11.6 Å². The molecule has 3 rings (SSSR count). The van der Waals surface area contributed by atoms with Crippen molar-refractivity contribution < 1.29 is 4.74 Å². The van der Waals surface area contributed by atoms with E-state index in [1.54, 1.807) is 6.20 Å². The molecule has 2 aromatic rings. The summed E-state index contributed by atoms with van der Waals surface area (Å²) in [6, 6.07) is 9.99. The van der Waals surface area contributed by atoms with Crippen molar-refractivity contribution in [1.29, 1.82) is 0 Å². The number of nitrogens with one attached hydrogen (secondary N) is 1. The van der Waals surface area contributed by atoms with Gasteiger partial charge in [-0.25, -0.2) is 0 Å². The maximum absolute atomic E-state index is 5.80. The van der Waals surface area contributed by atoms with E-state index in [9.17, 15) is 0 Å². The van der Waals surface area contributed by atoms with E-state index in [0.717, 1.165) is 31.0 Å². The van der Waals surface area contributed by atoms with Crippen LogP contribution in [0.5, 0.6) is 5.75 Å². The van der Waals surface area contributed by atoms with Crippen molar-refractivity contribution in [3.8, 4) is 5.75 Å². The summed E-state index contributed by atoms with van der Waals surface area (Å²) in [5.41, 5.74) is 3.61. The minimum Gasteiger partial charge on any atom is -0.487 e. The molecule has 0 radical (unpaired) electrons. The molecule has 0 atom stereocenters. The molecular weight excluding hydrogens is 260 g/mol. The highest BCUT2D eigenvalue weighted by Gasteiger charge is 2.09. The SMILES string of the molecule is Clc1ccc(COc2ccc3c(c2)CNCC3)nc1. The number of fused-ring (bicyclic) bond motifs is 1. The molecule has 2 heterocycles. The monoisotopic (exact) mass is 274 g/mol. The van der Waals surface area contributed by atoms with Gasteiger partial charge in [-0.2, -0.15) is 0 Å². The number of hydrogen-bond donors (Lipinski definition) is 1. The van der Waals surface area contributed by atoms with Gasteiger partial charge >= 0.3 is 0 Å². The molecule has 0 saturated heterocycles. The van der Waals surface area contributed by atoms with Gasteiger partial charge in [0.25, 0.3) is 0 Å². The van der Waals surface area contributed by atoms with Crippen molar-refractivity contribution in [2.24, 2.45) is 0 Å². The minimum atomic E-state index is 0.462. The lowest BCUT2D eigenvalue weighted by molar-refractivity contribution is 0.300. The van der Waals surface area contributed by atoms with Gasteiger partial charge in [0.1, 0.15) is 12.4 Å². The molecule has 0 spiro atoms. The molecule has 98 valence electrons. The van der Waals surface area contributed by atoms with E-state index >= 15 is 0 Å². The second kappa shape index (κ2) is 5.59. The molecule has 0 bridgehead atoms. The summed E-state index contributed by atoms with van der Waals surface area (Å²) in [7, 11) is 0. The third kappa shape index (κ3) is 3.06. The van der Waals surface area contributed by atoms with Crippen LogP contribution in [0.2, 0.25) is 5.02 Å². The molecule has 4 heteroatoms. The Morgan fingerprint density at radius 1 is 1.21 bits per heavy atom. The Balaban J connectivity index is 1.68. The first-order chi connectivity index (χ1) is 9.31.